The van der Waals surface area contributed by atoms with Gasteiger partial charge in [0.05, 0.1) is 10.1 Å². The first-order valence-corrected chi connectivity index (χ1v) is 7.55. The van der Waals surface area contributed by atoms with Crippen molar-refractivity contribution in [1.29, 1.82) is 0 Å². The van der Waals surface area contributed by atoms with Crippen LogP contribution in [-0.2, 0) is 4.79 Å². The van der Waals surface area contributed by atoms with Gasteiger partial charge in [-0.15, -0.1) is 11.8 Å². The highest BCUT2D eigenvalue weighted by atomic mass is 32.2. The van der Waals surface area contributed by atoms with Crippen LogP contribution in [-0.4, -0.2) is 27.5 Å². The summed E-state index contributed by atoms with van der Waals surface area (Å²) < 4.78 is 0. The molecule has 0 aromatic rings. The number of nitrogens with zero attached hydrogens (tertiary/aromatic N) is 1. The summed E-state index contributed by atoms with van der Waals surface area (Å²) in [6, 6.07) is 0. The molecule has 3 aliphatic heterocycles. The summed E-state index contributed by atoms with van der Waals surface area (Å²) in [7, 11) is 0. The number of hydrogen-bond acceptors (Lipinski definition) is 2. The van der Waals surface area contributed by atoms with Crippen LogP contribution in [0.3, 0.4) is 0 Å². The molecule has 0 aromatic carbocycles. The van der Waals surface area contributed by atoms with Crippen molar-refractivity contribution >= 4 is 17.7 Å². The van der Waals surface area contributed by atoms with Gasteiger partial charge >= 0.3 is 0 Å². The number of rotatable bonds is 0. The zero-order valence-electron chi connectivity index (χ0n) is 9.87. The average molecular weight is 237 g/mol. The van der Waals surface area contributed by atoms with Crippen LogP contribution < -0.4 is 0 Å². The first-order valence-electron chi connectivity index (χ1n) is 6.67. The van der Waals surface area contributed by atoms with Gasteiger partial charge in [-0.05, 0) is 38.0 Å². The lowest BCUT2D eigenvalue weighted by atomic mass is 9.60. The van der Waals surface area contributed by atoms with Crippen LogP contribution in [0.1, 0.15) is 45.4 Å². The fourth-order valence-electron chi connectivity index (χ4n) is 4.95. The molecule has 4 rings (SSSR count). The minimum absolute atomic E-state index is 0.227. The predicted molar refractivity (Wildman–Crippen MR) is 65.1 cm³/mol. The lowest BCUT2D eigenvalue weighted by molar-refractivity contribution is -0.151. The van der Waals surface area contributed by atoms with Crippen LogP contribution in [0.4, 0.5) is 0 Å². The van der Waals surface area contributed by atoms with E-state index in [0.29, 0.717) is 16.6 Å². The van der Waals surface area contributed by atoms with Gasteiger partial charge in [0.15, 0.2) is 0 Å². The quantitative estimate of drug-likeness (QED) is 0.645. The molecule has 0 N–H and O–H groups in total. The molecule has 3 saturated heterocycles. The van der Waals surface area contributed by atoms with Gasteiger partial charge in [-0.2, -0.15) is 0 Å². The average Bonchev–Trinajstić information content (AvgIpc) is 2.76. The molecule has 4 atom stereocenters. The third-order valence-corrected chi connectivity index (χ3v) is 7.66. The molecule has 3 heteroatoms. The van der Waals surface area contributed by atoms with E-state index in [2.05, 4.69) is 11.8 Å². The van der Waals surface area contributed by atoms with Crippen molar-refractivity contribution in [1.82, 2.24) is 4.90 Å². The van der Waals surface area contributed by atoms with Crippen LogP contribution in [0.25, 0.3) is 0 Å². The summed E-state index contributed by atoms with van der Waals surface area (Å²) in [6.45, 7) is 3.49. The number of amides is 1. The molecule has 1 spiro atoms. The topological polar surface area (TPSA) is 20.3 Å². The number of fused-ring (bicyclic) bond motifs is 1. The molecule has 1 saturated carbocycles. The van der Waals surface area contributed by atoms with E-state index in [1.165, 1.54) is 38.5 Å². The maximum Gasteiger partial charge on any atom is 0.236 e. The highest BCUT2D eigenvalue weighted by Gasteiger charge is 2.70. The number of piperidine rings is 2. The molecule has 0 aromatic heterocycles. The highest BCUT2D eigenvalue weighted by Crippen LogP contribution is 2.70. The van der Waals surface area contributed by atoms with Crippen molar-refractivity contribution in [2.45, 2.75) is 55.6 Å². The van der Waals surface area contributed by atoms with Gasteiger partial charge < -0.3 is 4.90 Å². The first-order chi connectivity index (χ1) is 7.67. The molecule has 2 bridgehead atoms. The fraction of sp³-hybridized carbons (Fsp3) is 0.923. The van der Waals surface area contributed by atoms with Crippen LogP contribution >= 0.6 is 11.8 Å². The second kappa shape index (κ2) is 2.80. The molecule has 0 unspecified atom stereocenters. The molecule has 1 aliphatic carbocycles. The summed E-state index contributed by atoms with van der Waals surface area (Å²) in [6.07, 6.45) is 7.83. The number of hydrogen-bond donors (Lipinski definition) is 0. The van der Waals surface area contributed by atoms with Gasteiger partial charge in [-0.3, -0.25) is 4.79 Å². The lowest BCUT2D eigenvalue weighted by Gasteiger charge is -2.59. The van der Waals surface area contributed by atoms with Crippen LogP contribution in [0.15, 0.2) is 0 Å². The molecule has 4 fully saturated rings. The Morgan fingerprint density at radius 3 is 3.06 bits per heavy atom. The Bertz CT molecular complexity index is 367. The van der Waals surface area contributed by atoms with Crippen LogP contribution in [0, 0.1) is 11.3 Å². The Balaban J connectivity index is 1.89. The summed E-state index contributed by atoms with van der Waals surface area (Å²) in [5.41, 5.74) is 0.416. The second-order valence-electron chi connectivity index (χ2n) is 6.28. The van der Waals surface area contributed by atoms with Gasteiger partial charge in [0.2, 0.25) is 5.91 Å². The molecule has 16 heavy (non-hydrogen) atoms. The summed E-state index contributed by atoms with van der Waals surface area (Å²) in [5, 5.41) is 0.320. The van der Waals surface area contributed by atoms with E-state index < -0.39 is 0 Å². The van der Waals surface area contributed by atoms with Crippen molar-refractivity contribution in [2.75, 3.05) is 6.54 Å². The molecule has 1 amide bonds. The minimum Gasteiger partial charge on any atom is -0.326 e. The van der Waals surface area contributed by atoms with Gasteiger partial charge in [0, 0.05) is 12.0 Å². The molecular weight excluding hydrogens is 218 g/mol. The monoisotopic (exact) mass is 237 g/mol. The van der Waals surface area contributed by atoms with Crippen LogP contribution in [0.2, 0.25) is 0 Å². The van der Waals surface area contributed by atoms with Crippen molar-refractivity contribution in [3.63, 3.8) is 0 Å². The van der Waals surface area contributed by atoms with Crippen LogP contribution in [0.5, 0.6) is 0 Å². The van der Waals surface area contributed by atoms with E-state index in [0.717, 1.165) is 12.5 Å². The van der Waals surface area contributed by atoms with Crippen molar-refractivity contribution in [3.05, 3.63) is 0 Å². The Hall–Kier alpha value is -0.180. The molecule has 3 heterocycles. The van der Waals surface area contributed by atoms with E-state index >= 15 is 0 Å². The van der Waals surface area contributed by atoms with E-state index in [9.17, 15) is 4.79 Å². The normalized spacial score (nSPS) is 54.3. The fourth-order valence-corrected chi connectivity index (χ4v) is 7.15. The number of thioether (sulfide) groups is 1. The standard InChI is InChI=1S/C13H19NOS/c1-12-5-2-4-9-8-10-11(15)14(7-3-6-12)13(9,12)16-10/h9-10H,2-8H2,1H3/t9-,10+,12-,13+/m0/s1. The maximum atomic E-state index is 12.3. The van der Waals surface area contributed by atoms with Gasteiger partial charge in [0.1, 0.15) is 0 Å². The zero-order valence-corrected chi connectivity index (χ0v) is 10.7. The largest absolute Gasteiger partial charge is 0.326 e. The lowest BCUT2D eigenvalue weighted by Crippen LogP contribution is -2.65. The minimum atomic E-state index is 0.227. The Morgan fingerprint density at radius 2 is 2.19 bits per heavy atom. The molecule has 88 valence electrons. The van der Waals surface area contributed by atoms with Crippen molar-refractivity contribution in [3.8, 4) is 0 Å². The summed E-state index contributed by atoms with van der Waals surface area (Å²) >= 11 is 2.04. The smallest absolute Gasteiger partial charge is 0.236 e. The Labute approximate surface area is 101 Å². The van der Waals surface area contributed by atoms with Crippen molar-refractivity contribution in [2.24, 2.45) is 11.3 Å². The molecule has 0 radical (unpaired) electrons. The van der Waals surface area contributed by atoms with E-state index in [4.69, 9.17) is 0 Å². The molecule has 4 aliphatic rings. The third kappa shape index (κ3) is 0.846. The summed E-state index contributed by atoms with van der Waals surface area (Å²) in [4.78, 5) is 14.8. The zero-order chi connectivity index (χ0) is 11.0. The number of carbonyl (C=O) groups excluding carboxylic acids is 1. The van der Waals surface area contributed by atoms with Gasteiger partial charge in [-0.1, -0.05) is 13.3 Å². The van der Waals surface area contributed by atoms with Gasteiger partial charge in [-0.25, -0.2) is 0 Å². The Kier molecular flexibility index (Phi) is 1.71. The SMILES string of the molecule is C[C@@]12CCC[C@H]3C[C@H]4S[C@]31N(CCC2)C4=O. The number of carbonyl (C=O) groups is 1. The molecule has 2 nitrogen and oxygen atoms in total. The van der Waals surface area contributed by atoms with E-state index in [1.807, 2.05) is 11.8 Å². The molecular formula is C13H19NOS. The Morgan fingerprint density at radius 1 is 1.38 bits per heavy atom. The second-order valence-corrected chi connectivity index (χ2v) is 7.71. The first kappa shape index (κ1) is 9.81. The maximum absolute atomic E-state index is 12.3. The van der Waals surface area contributed by atoms with Gasteiger partial charge in [0.25, 0.3) is 0 Å². The highest BCUT2D eigenvalue weighted by molar-refractivity contribution is 8.02. The third-order valence-electron chi connectivity index (χ3n) is 5.57. The van der Waals surface area contributed by atoms with Crippen molar-refractivity contribution < 1.29 is 4.79 Å². The van der Waals surface area contributed by atoms with E-state index in [1.54, 1.807) is 0 Å². The predicted octanol–water partition coefficient (Wildman–Crippen LogP) is 2.63. The van der Waals surface area contributed by atoms with E-state index in [-0.39, 0.29) is 4.87 Å². The summed E-state index contributed by atoms with van der Waals surface area (Å²) in [5.74, 6) is 1.27.